The van der Waals surface area contributed by atoms with E-state index in [9.17, 15) is 4.79 Å². The van der Waals surface area contributed by atoms with Crippen LogP contribution in [-0.4, -0.2) is 10.4 Å². The highest BCUT2D eigenvalue weighted by atomic mass is 16.1. The first-order chi connectivity index (χ1) is 9.81. The second-order valence-electron chi connectivity index (χ2n) is 5.18. The Hall–Kier alpha value is -2.09. The molecule has 0 bridgehead atoms. The zero-order valence-electron chi connectivity index (χ0n) is 11.8. The zero-order valence-corrected chi connectivity index (χ0v) is 11.8. The summed E-state index contributed by atoms with van der Waals surface area (Å²) < 4.78 is 2.34. The SMILES string of the molecule is CCC(=O)CCCn1c2ccccc2c2ccccc21. The number of fused-ring (bicyclic) bond motifs is 3. The number of carbonyl (C=O) groups is 1. The fourth-order valence-electron chi connectivity index (χ4n) is 2.86. The number of carbonyl (C=O) groups excluding carboxylic acids is 1. The van der Waals surface area contributed by atoms with Crippen LogP contribution >= 0.6 is 0 Å². The second-order valence-corrected chi connectivity index (χ2v) is 5.18. The van der Waals surface area contributed by atoms with E-state index in [1.54, 1.807) is 0 Å². The van der Waals surface area contributed by atoms with Crippen LogP contribution in [0.1, 0.15) is 26.2 Å². The van der Waals surface area contributed by atoms with Crippen molar-refractivity contribution in [2.24, 2.45) is 0 Å². The van der Waals surface area contributed by atoms with Crippen LogP contribution in [0.2, 0.25) is 0 Å². The maximum absolute atomic E-state index is 11.5. The van der Waals surface area contributed by atoms with Gasteiger partial charge in [-0.3, -0.25) is 4.79 Å². The molecule has 0 aliphatic heterocycles. The molecule has 0 fully saturated rings. The smallest absolute Gasteiger partial charge is 0.132 e. The molecule has 0 aliphatic rings. The minimum absolute atomic E-state index is 0.353. The van der Waals surface area contributed by atoms with Gasteiger partial charge in [-0.05, 0) is 18.6 Å². The van der Waals surface area contributed by atoms with E-state index >= 15 is 0 Å². The molecule has 2 nitrogen and oxygen atoms in total. The lowest BCUT2D eigenvalue weighted by Crippen LogP contribution is -2.01. The number of aryl methyl sites for hydroxylation is 1. The Morgan fingerprint density at radius 3 is 2.05 bits per heavy atom. The van der Waals surface area contributed by atoms with E-state index in [-0.39, 0.29) is 0 Å². The topological polar surface area (TPSA) is 22.0 Å². The highest BCUT2D eigenvalue weighted by Crippen LogP contribution is 2.28. The summed E-state index contributed by atoms with van der Waals surface area (Å²) in [7, 11) is 0. The molecule has 3 rings (SSSR count). The second kappa shape index (κ2) is 5.49. The fourth-order valence-corrected chi connectivity index (χ4v) is 2.86. The predicted octanol–water partition coefficient (Wildman–Crippen LogP) is 4.55. The largest absolute Gasteiger partial charge is 0.340 e. The van der Waals surface area contributed by atoms with Crippen LogP contribution in [0.25, 0.3) is 21.8 Å². The van der Waals surface area contributed by atoms with Crippen molar-refractivity contribution in [3.8, 4) is 0 Å². The number of ketones is 1. The number of nitrogens with zero attached hydrogens (tertiary/aromatic N) is 1. The number of aromatic nitrogens is 1. The van der Waals surface area contributed by atoms with Crippen molar-refractivity contribution < 1.29 is 4.79 Å². The van der Waals surface area contributed by atoms with Crippen molar-refractivity contribution in [1.29, 1.82) is 0 Å². The van der Waals surface area contributed by atoms with Gasteiger partial charge in [0, 0.05) is 41.2 Å². The lowest BCUT2D eigenvalue weighted by molar-refractivity contribution is -0.118. The fraction of sp³-hybridized carbons (Fsp3) is 0.278. The minimum Gasteiger partial charge on any atom is -0.340 e. The summed E-state index contributed by atoms with van der Waals surface area (Å²) in [4.78, 5) is 11.5. The van der Waals surface area contributed by atoms with Gasteiger partial charge in [-0.1, -0.05) is 43.3 Å². The number of rotatable bonds is 5. The van der Waals surface area contributed by atoms with Crippen LogP contribution in [0, 0.1) is 0 Å². The Kier molecular flexibility index (Phi) is 3.55. The maximum Gasteiger partial charge on any atom is 0.132 e. The molecule has 2 heteroatoms. The van der Waals surface area contributed by atoms with Crippen LogP contribution in [0.15, 0.2) is 48.5 Å². The normalized spacial score (nSPS) is 11.2. The molecular formula is C18H19NO. The Morgan fingerprint density at radius 2 is 1.50 bits per heavy atom. The van der Waals surface area contributed by atoms with Crippen LogP contribution < -0.4 is 0 Å². The Labute approximate surface area is 119 Å². The van der Waals surface area contributed by atoms with Crippen molar-refractivity contribution in [2.75, 3.05) is 0 Å². The van der Waals surface area contributed by atoms with Gasteiger partial charge in [0.15, 0.2) is 0 Å². The van der Waals surface area contributed by atoms with Crippen LogP contribution in [0.5, 0.6) is 0 Å². The molecule has 0 radical (unpaired) electrons. The molecule has 0 saturated heterocycles. The molecule has 20 heavy (non-hydrogen) atoms. The first-order valence-corrected chi connectivity index (χ1v) is 7.29. The molecule has 0 aliphatic carbocycles. The molecule has 0 spiro atoms. The lowest BCUT2D eigenvalue weighted by atomic mass is 10.2. The van der Waals surface area contributed by atoms with E-state index in [1.807, 2.05) is 6.92 Å². The van der Waals surface area contributed by atoms with Crippen molar-refractivity contribution in [1.82, 2.24) is 4.57 Å². The van der Waals surface area contributed by atoms with Gasteiger partial charge in [0.2, 0.25) is 0 Å². The third-order valence-electron chi connectivity index (χ3n) is 3.91. The summed E-state index contributed by atoms with van der Waals surface area (Å²) in [5.74, 6) is 0.353. The van der Waals surface area contributed by atoms with Gasteiger partial charge in [-0.15, -0.1) is 0 Å². The average molecular weight is 265 g/mol. The monoisotopic (exact) mass is 265 g/mol. The molecule has 0 saturated carbocycles. The molecular weight excluding hydrogens is 246 g/mol. The summed E-state index contributed by atoms with van der Waals surface area (Å²) in [5, 5.41) is 2.59. The Balaban J connectivity index is 2.01. The molecule has 0 amide bonds. The summed E-state index contributed by atoms with van der Waals surface area (Å²) >= 11 is 0. The van der Waals surface area contributed by atoms with Gasteiger partial charge in [0.05, 0.1) is 0 Å². The van der Waals surface area contributed by atoms with Crippen molar-refractivity contribution in [3.63, 3.8) is 0 Å². The number of benzene rings is 2. The first-order valence-electron chi connectivity index (χ1n) is 7.29. The third kappa shape index (κ3) is 2.22. The highest BCUT2D eigenvalue weighted by molar-refractivity contribution is 6.07. The molecule has 0 N–H and O–H groups in total. The predicted molar refractivity (Wildman–Crippen MR) is 84.0 cm³/mol. The van der Waals surface area contributed by atoms with Gasteiger partial charge in [0.25, 0.3) is 0 Å². The van der Waals surface area contributed by atoms with E-state index in [0.29, 0.717) is 18.6 Å². The van der Waals surface area contributed by atoms with E-state index in [4.69, 9.17) is 0 Å². The van der Waals surface area contributed by atoms with Gasteiger partial charge in [-0.25, -0.2) is 0 Å². The molecule has 0 unspecified atom stereocenters. The van der Waals surface area contributed by atoms with Gasteiger partial charge >= 0.3 is 0 Å². The molecule has 1 aromatic heterocycles. The summed E-state index contributed by atoms with van der Waals surface area (Å²) in [6.45, 7) is 2.84. The van der Waals surface area contributed by atoms with E-state index in [1.165, 1.54) is 21.8 Å². The number of Topliss-reactive ketones (excluding diaryl/α,β-unsaturated/α-hetero) is 1. The molecule has 2 aromatic carbocycles. The average Bonchev–Trinajstić information content (AvgIpc) is 2.82. The number of para-hydroxylation sites is 2. The highest BCUT2D eigenvalue weighted by Gasteiger charge is 2.09. The minimum atomic E-state index is 0.353. The Morgan fingerprint density at radius 1 is 0.950 bits per heavy atom. The maximum atomic E-state index is 11.5. The Bertz CT molecular complexity index is 701. The summed E-state index contributed by atoms with van der Waals surface area (Å²) in [6.07, 6.45) is 2.24. The van der Waals surface area contributed by atoms with E-state index < -0.39 is 0 Å². The first kappa shape index (κ1) is 12.9. The number of hydrogen-bond donors (Lipinski definition) is 0. The lowest BCUT2D eigenvalue weighted by Gasteiger charge is -2.06. The standard InChI is InChI=1S/C18H19NO/c1-2-14(20)8-7-13-19-17-11-5-3-9-15(17)16-10-4-6-12-18(16)19/h3-6,9-12H,2,7-8,13H2,1H3. The van der Waals surface area contributed by atoms with Crippen molar-refractivity contribution in [2.45, 2.75) is 32.7 Å². The van der Waals surface area contributed by atoms with Crippen LogP contribution in [-0.2, 0) is 11.3 Å². The van der Waals surface area contributed by atoms with E-state index in [2.05, 4.69) is 53.1 Å². The zero-order chi connectivity index (χ0) is 13.9. The van der Waals surface area contributed by atoms with E-state index in [0.717, 1.165) is 13.0 Å². The third-order valence-corrected chi connectivity index (χ3v) is 3.91. The quantitative estimate of drug-likeness (QED) is 0.663. The molecule has 0 atom stereocenters. The van der Waals surface area contributed by atoms with Crippen molar-refractivity contribution in [3.05, 3.63) is 48.5 Å². The molecule has 1 heterocycles. The van der Waals surface area contributed by atoms with Gasteiger partial charge in [-0.2, -0.15) is 0 Å². The summed E-state index contributed by atoms with van der Waals surface area (Å²) in [5.41, 5.74) is 2.52. The van der Waals surface area contributed by atoms with Gasteiger partial charge < -0.3 is 4.57 Å². The number of hydrogen-bond acceptors (Lipinski definition) is 1. The molecule has 102 valence electrons. The van der Waals surface area contributed by atoms with Crippen LogP contribution in [0.4, 0.5) is 0 Å². The van der Waals surface area contributed by atoms with Gasteiger partial charge in [0.1, 0.15) is 5.78 Å². The van der Waals surface area contributed by atoms with Crippen LogP contribution in [0.3, 0.4) is 0 Å². The van der Waals surface area contributed by atoms with Crippen molar-refractivity contribution >= 4 is 27.6 Å². The summed E-state index contributed by atoms with van der Waals surface area (Å²) in [6, 6.07) is 17.0. The molecule has 3 aromatic rings.